The van der Waals surface area contributed by atoms with Gasteiger partial charge in [0, 0.05) is 13.1 Å². The van der Waals surface area contributed by atoms with E-state index in [1.54, 1.807) is 0 Å². The van der Waals surface area contributed by atoms with Crippen molar-refractivity contribution in [2.75, 3.05) is 0 Å². The molecule has 7 heteroatoms. The summed E-state index contributed by atoms with van der Waals surface area (Å²) in [4.78, 5) is 0. The maximum atomic E-state index is 12.6. The van der Waals surface area contributed by atoms with Gasteiger partial charge in [-0.25, -0.2) is 4.68 Å². The van der Waals surface area contributed by atoms with Crippen LogP contribution in [0.5, 0.6) is 0 Å². The molecule has 0 bridgehead atoms. The highest BCUT2D eigenvalue weighted by molar-refractivity contribution is 5.13. The van der Waals surface area contributed by atoms with Crippen LogP contribution in [0.4, 0.5) is 13.2 Å². The van der Waals surface area contributed by atoms with E-state index in [0.29, 0.717) is 12.5 Å². The number of hydrogen-bond acceptors (Lipinski definition) is 3. The summed E-state index contributed by atoms with van der Waals surface area (Å²) in [7, 11) is 0. The molecule has 0 radical (unpaired) electrons. The third-order valence-electron chi connectivity index (χ3n) is 2.39. The van der Waals surface area contributed by atoms with E-state index in [1.807, 2.05) is 0 Å². The molecule has 2 rings (SSSR count). The SMILES string of the molecule is NCc1nnn(CC2CC2)c1C(F)(F)F. The lowest BCUT2D eigenvalue weighted by Gasteiger charge is -2.09. The molecule has 1 aromatic rings. The molecule has 0 unspecified atom stereocenters. The quantitative estimate of drug-likeness (QED) is 0.831. The predicted molar refractivity (Wildman–Crippen MR) is 45.6 cm³/mol. The summed E-state index contributed by atoms with van der Waals surface area (Å²) in [6.45, 7) is 0.0569. The van der Waals surface area contributed by atoms with Crippen LogP contribution in [0.2, 0.25) is 0 Å². The van der Waals surface area contributed by atoms with Crippen LogP contribution in [-0.4, -0.2) is 15.0 Å². The van der Waals surface area contributed by atoms with Crippen LogP contribution in [0, 0.1) is 5.92 Å². The van der Waals surface area contributed by atoms with Gasteiger partial charge < -0.3 is 5.73 Å². The Labute approximate surface area is 84.2 Å². The van der Waals surface area contributed by atoms with E-state index < -0.39 is 11.9 Å². The Hall–Kier alpha value is -1.11. The number of hydrogen-bond donors (Lipinski definition) is 1. The molecule has 4 nitrogen and oxygen atoms in total. The monoisotopic (exact) mass is 220 g/mol. The largest absolute Gasteiger partial charge is 0.434 e. The first-order chi connectivity index (χ1) is 7.02. The van der Waals surface area contributed by atoms with Gasteiger partial charge in [0.1, 0.15) is 5.69 Å². The van der Waals surface area contributed by atoms with Crippen LogP contribution < -0.4 is 5.73 Å². The summed E-state index contributed by atoms with van der Waals surface area (Å²) < 4.78 is 38.9. The van der Waals surface area contributed by atoms with Gasteiger partial charge in [0.2, 0.25) is 0 Å². The second-order valence-corrected chi connectivity index (χ2v) is 3.71. The van der Waals surface area contributed by atoms with Crippen molar-refractivity contribution in [1.29, 1.82) is 0 Å². The van der Waals surface area contributed by atoms with E-state index in [1.165, 1.54) is 0 Å². The Balaban J connectivity index is 2.31. The van der Waals surface area contributed by atoms with Crippen LogP contribution in [0.3, 0.4) is 0 Å². The van der Waals surface area contributed by atoms with Gasteiger partial charge in [-0.2, -0.15) is 13.2 Å². The lowest BCUT2D eigenvalue weighted by atomic mass is 10.3. The molecule has 0 spiro atoms. The highest BCUT2D eigenvalue weighted by atomic mass is 19.4. The molecule has 1 fully saturated rings. The number of nitrogens with zero attached hydrogens (tertiary/aromatic N) is 3. The van der Waals surface area contributed by atoms with Crippen LogP contribution in [0.15, 0.2) is 0 Å². The van der Waals surface area contributed by atoms with E-state index in [-0.39, 0.29) is 12.2 Å². The molecule has 1 saturated carbocycles. The van der Waals surface area contributed by atoms with Gasteiger partial charge in [0.15, 0.2) is 5.69 Å². The predicted octanol–water partition coefficient (Wildman–Crippen LogP) is 1.17. The Morgan fingerprint density at radius 2 is 2.07 bits per heavy atom. The molecule has 0 atom stereocenters. The van der Waals surface area contributed by atoms with Crippen molar-refractivity contribution in [3.05, 3.63) is 11.4 Å². The lowest BCUT2D eigenvalue weighted by Crippen LogP contribution is -2.18. The van der Waals surface area contributed by atoms with Crippen molar-refractivity contribution >= 4 is 0 Å². The fourth-order valence-corrected chi connectivity index (χ4v) is 1.47. The highest BCUT2D eigenvalue weighted by Crippen LogP contribution is 2.35. The van der Waals surface area contributed by atoms with E-state index in [9.17, 15) is 13.2 Å². The standard InChI is InChI=1S/C8H11F3N4/c9-8(10,11)7-6(3-12)13-14-15(7)4-5-1-2-5/h5H,1-4,12H2. The van der Waals surface area contributed by atoms with Gasteiger partial charge in [-0.1, -0.05) is 5.21 Å². The zero-order valence-corrected chi connectivity index (χ0v) is 7.96. The molecule has 1 aliphatic rings. The van der Waals surface area contributed by atoms with E-state index in [0.717, 1.165) is 17.5 Å². The molecule has 0 amide bonds. The summed E-state index contributed by atoms with van der Waals surface area (Å²) in [6.07, 6.45) is -2.49. The molecular formula is C8H11F3N4. The van der Waals surface area contributed by atoms with E-state index in [2.05, 4.69) is 10.3 Å². The van der Waals surface area contributed by atoms with Crippen LogP contribution in [-0.2, 0) is 19.3 Å². The van der Waals surface area contributed by atoms with Gasteiger partial charge in [-0.15, -0.1) is 5.10 Å². The second kappa shape index (κ2) is 3.48. The van der Waals surface area contributed by atoms with Crippen molar-refractivity contribution < 1.29 is 13.2 Å². The summed E-state index contributed by atoms with van der Waals surface area (Å²) in [6, 6.07) is 0. The third-order valence-corrected chi connectivity index (χ3v) is 2.39. The Kier molecular flexibility index (Phi) is 2.41. The van der Waals surface area contributed by atoms with Gasteiger partial charge in [0.05, 0.1) is 0 Å². The average Bonchev–Trinajstić information content (AvgIpc) is 2.81. The van der Waals surface area contributed by atoms with Crippen LogP contribution in [0.1, 0.15) is 24.2 Å². The molecule has 0 aromatic carbocycles. The molecule has 1 heterocycles. The Morgan fingerprint density at radius 1 is 1.40 bits per heavy atom. The zero-order chi connectivity index (χ0) is 11.1. The topological polar surface area (TPSA) is 56.7 Å². The van der Waals surface area contributed by atoms with Gasteiger partial charge >= 0.3 is 6.18 Å². The number of rotatable bonds is 3. The van der Waals surface area contributed by atoms with E-state index >= 15 is 0 Å². The summed E-state index contributed by atoms with van der Waals surface area (Å²) >= 11 is 0. The molecule has 84 valence electrons. The minimum Gasteiger partial charge on any atom is -0.325 e. The lowest BCUT2D eigenvalue weighted by molar-refractivity contribution is -0.145. The maximum absolute atomic E-state index is 12.6. The molecule has 1 aromatic heterocycles. The molecule has 0 saturated heterocycles. The summed E-state index contributed by atoms with van der Waals surface area (Å²) in [5, 5.41) is 6.95. The molecule has 15 heavy (non-hydrogen) atoms. The van der Waals surface area contributed by atoms with Crippen LogP contribution >= 0.6 is 0 Å². The van der Waals surface area contributed by atoms with Crippen molar-refractivity contribution in [2.45, 2.75) is 32.1 Å². The molecular weight excluding hydrogens is 209 g/mol. The van der Waals surface area contributed by atoms with Crippen LogP contribution in [0.25, 0.3) is 0 Å². The minimum atomic E-state index is -4.42. The fourth-order valence-electron chi connectivity index (χ4n) is 1.47. The van der Waals surface area contributed by atoms with Crippen molar-refractivity contribution in [3.63, 3.8) is 0 Å². The normalized spacial score (nSPS) is 17.1. The van der Waals surface area contributed by atoms with Gasteiger partial charge in [-0.05, 0) is 18.8 Å². The number of alkyl halides is 3. The Bertz CT molecular complexity index is 353. The Morgan fingerprint density at radius 3 is 2.53 bits per heavy atom. The third kappa shape index (κ3) is 2.11. The first-order valence-corrected chi connectivity index (χ1v) is 4.72. The molecule has 2 N–H and O–H groups in total. The molecule has 0 aliphatic heterocycles. The molecule has 1 aliphatic carbocycles. The number of aromatic nitrogens is 3. The van der Waals surface area contributed by atoms with Gasteiger partial charge in [0.25, 0.3) is 0 Å². The summed E-state index contributed by atoms with van der Waals surface area (Å²) in [5.41, 5.74) is 4.22. The zero-order valence-electron chi connectivity index (χ0n) is 7.96. The first-order valence-electron chi connectivity index (χ1n) is 4.72. The average molecular weight is 220 g/mol. The summed E-state index contributed by atoms with van der Waals surface area (Å²) in [5.74, 6) is 0.318. The first kappa shape index (κ1) is 10.4. The van der Waals surface area contributed by atoms with Crippen molar-refractivity contribution in [3.8, 4) is 0 Å². The fraction of sp³-hybridized carbons (Fsp3) is 0.750. The maximum Gasteiger partial charge on any atom is 0.434 e. The van der Waals surface area contributed by atoms with Crippen molar-refractivity contribution in [1.82, 2.24) is 15.0 Å². The van der Waals surface area contributed by atoms with E-state index in [4.69, 9.17) is 5.73 Å². The minimum absolute atomic E-state index is 0.178. The number of halogens is 3. The second-order valence-electron chi connectivity index (χ2n) is 3.71. The van der Waals surface area contributed by atoms with Gasteiger partial charge in [-0.3, -0.25) is 0 Å². The smallest absolute Gasteiger partial charge is 0.325 e. The van der Waals surface area contributed by atoms with Crippen molar-refractivity contribution in [2.24, 2.45) is 11.7 Å². The number of nitrogens with two attached hydrogens (primary N) is 1. The highest BCUT2D eigenvalue weighted by Gasteiger charge is 2.39.